The molecule has 0 spiro atoms. The standard InChI is InChI=1S/C23H37ClN6O3S/c1-17-15-29(7-8-30(17)21(32)14-23(2,3)4)19-13-18(24)26-22(27-19)34-16-20(31)25-5-6-28-9-11-33-12-10-28/h13,17H,5-12,14-16H2,1-4H3,(H,25,31). The molecule has 9 nitrogen and oxygen atoms in total. The Balaban J connectivity index is 1.48. The Morgan fingerprint density at radius 2 is 1.94 bits per heavy atom. The summed E-state index contributed by atoms with van der Waals surface area (Å²) in [5.41, 5.74) is -0.0327. The van der Waals surface area contributed by atoms with Crippen LogP contribution in [0.1, 0.15) is 34.1 Å². The van der Waals surface area contributed by atoms with E-state index in [2.05, 4.69) is 52.8 Å². The van der Waals surface area contributed by atoms with Crippen molar-refractivity contribution in [3.8, 4) is 0 Å². The summed E-state index contributed by atoms with van der Waals surface area (Å²) in [6.45, 7) is 15.0. The molecular formula is C23H37ClN6O3S. The van der Waals surface area contributed by atoms with Crippen LogP contribution in [0, 0.1) is 5.41 Å². The van der Waals surface area contributed by atoms with Crippen molar-refractivity contribution in [2.75, 3.05) is 69.7 Å². The van der Waals surface area contributed by atoms with E-state index in [0.29, 0.717) is 42.9 Å². The van der Waals surface area contributed by atoms with Gasteiger partial charge in [-0.25, -0.2) is 9.97 Å². The second kappa shape index (κ2) is 12.4. The maximum Gasteiger partial charge on any atom is 0.230 e. The van der Waals surface area contributed by atoms with E-state index in [1.165, 1.54) is 11.8 Å². The Labute approximate surface area is 211 Å². The number of ether oxygens (including phenoxy) is 1. The van der Waals surface area contributed by atoms with Gasteiger partial charge in [0.1, 0.15) is 11.0 Å². The highest BCUT2D eigenvalue weighted by Gasteiger charge is 2.30. The highest BCUT2D eigenvalue weighted by Crippen LogP contribution is 2.26. The molecule has 1 aromatic heterocycles. The van der Waals surface area contributed by atoms with Gasteiger partial charge in [0, 0.05) is 64.3 Å². The maximum atomic E-state index is 12.7. The number of amides is 2. The van der Waals surface area contributed by atoms with Crippen LogP contribution in [0.4, 0.5) is 5.82 Å². The maximum absolute atomic E-state index is 12.7. The van der Waals surface area contributed by atoms with Gasteiger partial charge in [-0.3, -0.25) is 14.5 Å². The molecule has 0 saturated carbocycles. The summed E-state index contributed by atoms with van der Waals surface area (Å²) in [6.07, 6.45) is 0.534. The molecule has 2 saturated heterocycles. The summed E-state index contributed by atoms with van der Waals surface area (Å²) >= 11 is 7.55. The Bertz CT molecular complexity index is 846. The number of halogens is 1. The molecule has 2 aliphatic rings. The number of hydrogen-bond donors (Lipinski definition) is 1. The molecule has 11 heteroatoms. The van der Waals surface area contributed by atoms with Crippen molar-refractivity contribution in [2.24, 2.45) is 5.41 Å². The Morgan fingerprint density at radius 3 is 2.62 bits per heavy atom. The SMILES string of the molecule is CC1CN(c2cc(Cl)nc(SCC(=O)NCCN3CCOCC3)n2)CCN1C(=O)CC(C)(C)C. The average Bonchev–Trinajstić information content (AvgIpc) is 2.77. The zero-order valence-corrected chi connectivity index (χ0v) is 22.3. The molecule has 1 unspecified atom stereocenters. The number of piperazine rings is 1. The number of hydrogen-bond acceptors (Lipinski definition) is 8. The third-order valence-electron chi connectivity index (χ3n) is 5.80. The van der Waals surface area contributed by atoms with Crippen molar-refractivity contribution in [3.05, 3.63) is 11.2 Å². The van der Waals surface area contributed by atoms with E-state index in [0.717, 1.165) is 38.7 Å². The monoisotopic (exact) mass is 512 g/mol. The number of morpholine rings is 1. The van der Waals surface area contributed by atoms with Crippen molar-refractivity contribution in [1.29, 1.82) is 0 Å². The average molecular weight is 513 g/mol. The van der Waals surface area contributed by atoms with E-state index in [9.17, 15) is 9.59 Å². The number of carbonyl (C=O) groups is 2. The minimum Gasteiger partial charge on any atom is -0.379 e. The largest absolute Gasteiger partial charge is 0.379 e. The molecule has 3 rings (SSSR count). The van der Waals surface area contributed by atoms with Crippen LogP contribution < -0.4 is 10.2 Å². The Kier molecular flexibility index (Phi) is 9.82. The van der Waals surface area contributed by atoms with E-state index in [1.807, 2.05) is 4.90 Å². The van der Waals surface area contributed by atoms with E-state index in [1.54, 1.807) is 6.07 Å². The van der Waals surface area contributed by atoms with Crippen molar-refractivity contribution in [2.45, 2.75) is 45.3 Å². The summed E-state index contributed by atoms with van der Waals surface area (Å²) in [4.78, 5) is 40.2. The summed E-state index contributed by atoms with van der Waals surface area (Å²) in [5.74, 6) is 1.10. The van der Waals surface area contributed by atoms with Gasteiger partial charge in [0.25, 0.3) is 0 Å². The van der Waals surface area contributed by atoms with Gasteiger partial charge in [0.05, 0.1) is 19.0 Å². The fraction of sp³-hybridized carbons (Fsp3) is 0.739. The molecule has 1 N–H and O–H groups in total. The molecular weight excluding hydrogens is 476 g/mol. The predicted octanol–water partition coefficient (Wildman–Crippen LogP) is 2.14. The molecule has 1 aromatic rings. The van der Waals surface area contributed by atoms with Gasteiger partial charge in [0.2, 0.25) is 11.8 Å². The van der Waals surface area contributed by atoms with Crippen molar-refractivity contribution in [3.63, 3.8) is 0 Å². The molecule has 2 aliphatic heterocycles. The number of rotatable bonds is 8. The van der Waals surface area contributed by atoms with Crippen molar-refractivity contribution in [1.82, 2.24) is 25.1 Å². The molecule has 0 bridgehead atoms. The van der Waals surface area contributed by atoms with Crippen LogP contribution >= 0.6 is 23.4 Å². The predicted molar refractivity (Wildman–Crippen MR) is 135 cm³/mol. The lowest BCUT2D eigenvalue weighted by Gasteiger charge is -2.41. The van der Waals surface area contributed by atoms with Gasteiger partial charge in [-0.05, 0) is 12.3 Å². The van der Waals surface area contributed by atoms with Crippen LogP contribution in [0.3, 0.4) is 0 Å². The zero-order valence-electron chi connectivity index (χ0n) is 20.7. The van der Waals surface area contributed by atoms with E-state index in [-0.39, 0.29) is 29.0 Å². The topological polar surface area (TPSA) is 90.9 Å². The summed E-state index contributed by atoms with van der Waals surface area (Å²) in [7, 11) is 0. The second-order valence-corrected chi connectivity index (χ2v) is 11.4. The minimum atomic E-state index is -0.0528. The van der Waals surface area contributed by atoms with E-state index in [4.69, 9.17) is 16.3 Å². The van der Waals surface area contributed by atoms with Gasteiger partial charge < -0.3 is 19.9 Å². The zero-order chi connectivity index (χ0) is 24.7. The fourth-order valence-corrected chi connectivity index (χ4v) is 4.97. The highest BCUT2D eigenvalue weighted by atomic mass is 35.5. The van der Waals surface area contributed by atoms with Crippen LogP contribution in [-0.4, -0.2) is 102 Å². The molecule has 34 heavy (non-hydrogen) atoms. The lowest BCUT2D eigenvalue weighted by Crippen LogP contribution is -2.54. The van der Waals surface area contributed by atoms with Crippen LogP contribution in [-0.2, 0) is 14.3 Å². The number of aromatic nitrogens is 2. The van der Waals surface area contributed by atoms with E-state index >= 15 is 0 Å². The molecule has 190 valence electrons. The first-order valence-corrected chi connectivity index (χ1v) is 13.3. The molecule has 3 heterocycles. The van der Waals surface area contributed by atoms with Gasteiger partial charge in [-0.15, -0.1) is 0 Å². The number of thioether (sulfide) groups is 1. The number of nitrogens with zero attached hydrogens (tertiary/aromatic N) is 5. The number of anilines is 1. The number of nitrogens with one attached hydrogen (secondary N) is 1. The lowest BCUT2D eigenvalue weighted by atomic mass is 9.91. The smallest absolute Gasteiger partial charge is 0.230 e. The Hall–Kier alpha value is -1.62. The summed E-state index contributed by atoms with van der Waals surface area (Å²) < 4.78 is 5.34. The summed E-state index contributed by atoms with van der Waals surface area (Å²) in [5, 5.41) is 3.77. The van der Waals surface area contributed by atoms with Crippen molar-refractivity contribution >= 4 is 41.0 Å². The normalized spacial score (nSPS) is 19.9. The fourth-order valence-electron chi connectivity index (χ4n) is 4.06. The quantitative estimate of drug-likeness (QED) is 0.322. The first-order valence-electron chi connectivity index (χ1n) is 11.9. The third-order valence-corrected chi connectivity index (χ3v) is 6.84. The second-order valence-electron chi connectivity index (χ2n) is 10.0. The highest BCUT2D eigenvalue weighted by molar-refractivity contribution is 7.99. The molecule has 0 radical (unpaired) electrons. The molecule has 0 aliphatic carbocycles. The minimum absolute atomic E-state index is 0.0327. The van der Waals surface area contributed by atoms with Crippen LogP contribution in [0.25, 0.3) is 0 Å². The molecule has 2 amide bonds. The first-order chi connectivity index (χ1) is 16.1. The third kappa shape index (κ3) is 8.55. The van der Waals surface area contributed by atoms with Crippen LogP contribution in [0.5, 0.6) is 0 Å². The molecule has 1 atom stereocenters. The van der Waals surface area contributed by atoms with Gasteiger partial charge >= 0.3 is 0 Å². The number of carbonyl (C=O) groups excluding carboxylic acids is 2. The van der Waals surface area contributed by atoms with Crippen LogP contribution in [0.2, 0.25) is 5.15 Å². The summed E-state index contributed by atoms with van der Waals surface area (Å²) in [6, 6.07) is 1.82. The van der Waals surface area contributed by atoms with Gasteiger partial charge in [0.15, 0.2) is 5.16 Å². The molecule has 0 aromatic carbocycles. The Morgan fingerprint density at radius 1 is 1.21 bits per heavy atom. The van der Waals surface area contributed by atoms with E-state index < -0.39 is 0 Å². The van der Waals surface area contributed by atoms with Gasteiger partial charge in [-0.2, -0.15) is 0 Å². The lowest BCUT2D eigenvalue weighted by molar-refractivity contribution is -0.135. The van der Waals surface area contributed by atoms with Gasteiger partial charge in [-0.1, -0.05) is 44.1 Å². The molecule has 2 fully saturated rings. The van der Waals surface area contributed by atoms with Crippen LogP contribution in [0.15, 0.2) is 11.2 Å². The van der Waals surface area contributed by atoms with Crippen molar-refractivity contribution < 1.29 is 14.3 Å². The first kappa shape index (κ1) is 27.0.